The van der Waals surface area contributed by atoms with Crippen molar-refractivity contribution in [3.63, 3.8) is 0 Å². The normalized spacial score (nSPS) is 20.4. The number of rotatable bonds is 5. The monoisotopic (exact) mass is 360 g/mol. The minimum absolute atomic E-state index is 0.331. The van der Waals surface area contributed by atoms with Crippen molar-refractivity contribution in [2.45, 2.75) is 37.6 Å². The predicted octanol–water partition coefficient (Wildman–Crippen LogP) is 2.72. The van der Waals surface area contributed by atoms with Gasteiger partial charge in [-0.1, -0.05) is 19.4 Å². The quantitative estimate of drug-likeness (QED) is 0.877. The number of hydrogen-bond donors (Lipinski definition) is 1. The standard InChI is InChI=1S/C14H21BrN2O2S/c1-2-3-11-6-7-17(10-11)20(18,19)14-8-12(9-16)4-5-13(14)15/h4-5,8,11H,2-3,6-7,9-10,16H2,1H3. The first kappa shape index (κ1) is 15.9. The molecule has 0 spiro atoms. The molecule has 1 fully saturated rings. The Balaban J connectivity index is 2.27. The van der Waals surface area contributed by atoms with E-state index < -0.39 is 10.0 Å². The summed E-state index contributed by atoms with van der Waals surface area (Å²) in [6.07, 6.45) is 3.15. The van der Waals surface area contributed by atoms with E-state index in [0.29, 0.717) is 34.9 Å². The number of nitrogens with zero attached hydrogens (tertiary/aromatic N) is 1. The largest absolute Gasteiger partial charge is 0.326 e. The fraction of sp³-hybridized carbons (Fsp3) is 0.571. The van der Waals surface area contributed by atoms with Crippen molar-refractivity contribution >= 4 is 26.0 Å². The molecule has 1 aliphatic heterocycles. The number of nitrogens with two attached hydrogens (primary N) is 1. The van der Waals surface area contributed by atoms with Gasteiger partial charge in [-0.15, -0.1) is 0 Å². The van der Waals surface area contributed by atoms with Gasteiger partial charge in [-0.2, -0.15) is 4.31 Å². The minimum Gasteiger partial charge on any atom is -0.326 e. The van der Waals surface area contributed by atoms with Crippen LogP contribution in [0.25, 0.3) is 0 Å². The van der Waals surface area contributed by atoms with Crippen molar-refractivity contribution in [3.8, 4) is 0 Å². The summed E-state index contributed by atoms with van der Waals surface area (Å²) >= 11 is 3.34. The molecule has 1 unspecified atom stereocenters. The number of benzene rings is 1. The van der Waals surface area contributed by atoms with Gasteiger partial charge in [0.15, 0.2) is 0 Å². The first-order chi connectivity index (χ1) is 9.48. The second kappa shape index (κ2) is 6.56. The zero-order valence-electron chi connectivity index (χ0n) is 11.7. The molecule has 1 aromatic carbocycles. The molecule has 1 heterocycles. The molecule has 6 heteroatoms. The lowest BCUT2D eigenvalue weighted by Crippen LogP contribution is -2.29. The summed E-state index contributed by atoms with van der Waals surface area (Å²) in [5.41, 5.74) is 6.43. The average Bonchev–Trinajstić information content (AvgIpc) is 2.89. The van der Waals surface area contributed by atoms with E-state index in [-0.39, 0.29) is 0 Å². The maximum absolute atomic E-state index is 12.7. The third kappa shape index (κ3) is 3.24. The van der Waals surface area contributed by atoms with Crippen molar-refractivity contribution in [1.82, 2.24) is 4.31 Å². The molecule has 1 aliphatic rings. The molecular weight excluding hydrogens is 340 g/mol. The van der Waals surface area contributed by atoms with Crippen LogP contribution in [-0.4, -0.2) is 25.8 Å². The molecule has 112 valence electrons. The van der Waals surface area contributed by atoms with E-state index in [9.17, 15) is 8.42 Å². The predicted molar refractivity (Wildman–Crippen MR) is 83.8 cm³/mol. The van der Waals surface area contributed by atoms with Gasteiger partial charge in [0.25, 0.3) is 0 Å². The minimum atomic E-state index is -3.42. The fourth-order valence-corrected chi connectivity index (χ4v) is 5.18. The van der Waals surface area contributed by atoms with Crippen LogP contribution >= 0.6 is 15.9 Å². The highest BCUT2D eigenvalue weighted by atomic mass is 79.9. The van der Waals surface area contributed by atoms with E-state index in [1.165, 1.54) is 0 Å². The van der Waals surface area contributed by atoms with Crippen molar-refractivity contribution < 1.29 is 8.42 Å². The summed E-state index contributed by atoms with van der Waals surface area (Å²) in [5, 5.41) is 0. The zero-order valence-corrected chi connectivity index (χ0v) is 14.1. The van der Waals surface area contributed by atoms with Crippen LogP contribution in [0.2, 0.25) is 0 Å². The van der Waals surface area contributed by atoms with Crippen LogP contribution in [0.1, 0.15) is 31.7 Å². The summed E-state index contributed by atoms with van der Waals surface area (Å²) in [6, 6.07) is 5.27. The molecule has 1 aromatic rings. The highest BCUT2D eigenvalue weighted by molar-refractivity contribution is 9.10. The smallest absolute Gasteiger partial charge is 0.244 e. The molecule has 0 aliphatic carbocycles. The fourth-order valence-electron chi connectivity index (χ4n) is 2.67. The highest BCUT2D eigenvalue weighted by Crippen LogP contribution is 2.31. The Morgan fingerprint density at radius 3 is 2.85 bits per heavy atom. The van der Waals surface area contributed by atoms with Gasteiger partial charge in [0.2, 0.25) is 10.0 Å². The Bertz CT molecular complexity index is 575. The van der Waals surface area contributed by atoms with Crippen molar-refractivity contribution in [1.29, 1.82) is 0 Å². The molecule has 0 bridgehead atoms. The Morgan fingerprint density at radius 1 is 1.45 bits per heavy atom. The third-order valence-corrected chi connectivity index (χ3v) is 6.65. The van der Waals surface area contributed by atoms with Gasteiger partial charge >= 0.3 is 0 Å². The van der Waals surface area contributed by atoms with Crippen molar-refractivity contribution in [2.75, 3.05) is 13.1 Å². The molecule has 0 amide bonds. The van der Waals surface area contributed by atoms with Crippen LogP contribution in [0.3, 0.4) is 0 Å². The Hall–Kier alpha value is -0.430. The first-order valence-electron chi connectivity index (χ1n) is 6.97. The van der Waals surface area contributed by atoms with E-state index in [1.807, 2.05) is 6.07 Å². The van der Waals surface area contributed by atoms with Crippen LogP contribution in [0.5, 0.6) is 0 Å². The summed E-state index contributed by atoms with van der Waals surface area (Å²) in [6.45, 7) is 3.73. The van der Waals surface area contributed by atoms with Crippen LogP contribution < -0.4 is 5.73 Å². The van der Waals surface area contributed by atoms with Crippen LogP contribution in [-0.2, 0) is 16.6 Å². The van der Waals surface area contributed by atoms with Gasteiger partial charge in [-0.25, -0.2) is 8.42 Å². The van der Waals surface area contributed by atoms with Crippen molar-refractivity contribution in [2.24, 2.45) is 11.7 Å². The number of halogens is 1. The lowest BCUT2D eigenvalue weighted by molar-refractivity contribution is 0.444. The molecule has 0 radical (unpaired) electrons. The number of hydrogen-bond acceptors (Lipinski definition) is 3. The second-order valence-electron chi connectivity index (χ2n) is 5.28. The lowest BCUT2D eigenvalue weighted by atomic mass is 10.0. The molecule has 2 rings (SSSR count). The van der Waals surface area contributed by atoms with Crippen LogP contribution in [0.4, 0.5) is 0 Å². The molecule has 20 heavy (non-hydrogen) atoms. The summed E-state index contributed by atoms with van der Waals surface area (Å²) in [7, 11) is -3.42. The summed E-state index contributed by atoms with van der Waals surface area (Å²) in [4.78, 5) is 0.331. The molecule has 4 nitrogen and oxygen atoms in total. The topological polar surface area (TPSA) is 63.4 Å². The van der Waals surface area contributed by atoms with Gasteiger partial charge in [0.05, 0.1) is 4.90 Å². The van der Waals surface area contributed by atoms with E-state index in [0.717, 1.165) is 24.8 Å². The molecule has 1 atom stereocenters. The Morgan fingerprint density at radius 2 is 2.20 bits per heavy atom. The first-order valence-corrected chi connectivity index (χ1v) is 9.21. The number of sulfonamides is 1. The Labute approximate surface area is 129 Å². The second-order valence-corrected chi connectivity index (χ2v) is 8.04. The maximum atomic E-state index is 12.7. The summed E-state index contributed by atoms with van der Waals surface area (Å²) < 4.78 is 27.7. The van der Waals surface area contributed by atoms with E-state index in [1.54, 1.807) is 16.4 Å². The molecule has 1 saturated heterocycles. The van der Waals surface area contributed by atoms with Gasteiger partial charge in [-0.05, 0) is 52.4 Å². The van der Waals surface area contributed by atoms with E-state index in [4.69, 9.17) is 5.73 Å². The SMILES string of the molecule is CCCC1CCN(S(=O)(=O)c2cc(CN)ccc2Br)C1. The molecule has 2 N–H and O–H groups in total. The van der Waals surface area contributed by atoms with Gasteiger partial charge in [-0.3, -0.25) is 0 Å². The van der Waals surface area contributed by atoms with E-state index in [2.05, 4.69) is 22.9 Å². The van der Waals surface area contributed by atoms with Gasteiger partial charge < -0.3 is 5.73 Å². The van der Waals surface area contributed by atoms with Crippen LogP contribution in [0, 0.1) is 5.92 Å². The van der Waals surface area contributed by atoms with E-state index >= 15 is 0 Å². The zero-order chi connectivity index (χ0) is 14.8. The maximum Gasteiger partial charge on any atom is 0.244 e. The third-order valence-electron chi connectivity index (χ3n) is 3.79. The van der Waals surface area contributed by atoms with Gasteiger partial charge in [0, 0.05) is 24.1 Å². The lowest BCUT2D eigenvalue weighted by Gasteiger charge is -2.18. The highest BCUT2D eigenvalue weighted by Gasteiger charge is 2.33. The van der Waals surface area contributed by atoms with Crippen molar-refractivity contribution in [3.05, 3.63) is 28.2 Å². The van der Waals surface area contributed by atoms with Gasteiger partial charge in [0.1, 0.15) is 0 Å². The molecule has 0 aromatic heterocycles. The molecular formula is C14H21BrN2O2S. The molecule has 0 saturated carbocycles. The average molecular weight is 361 g/mol. The Kier molecular flexibility index (Phi) is 5.23. The van der Waals surface area contributed by atoms with Crippen LogP contribution in [0.15, 0.2) is 27.6 Å². The summed E-state index contributed by atoms with van der Waals surface area (Å²) in [5.74, 6) is 0.492.